The van der Waals surface area contributed by atoms with Crippen LogP contribution >= 0.6 is 0 Å². The van der Waals surface area contributed by atoms with Gasteiger partial charge in [-0.05, 0) is 37.6 Å². The lowest BCUT2D eigenvalue weighted by Gasteiger charge is -2.37. The number of hydrogen-bond acceptors (Lipinski definition) is 3. The van der Waals surface area contributed by atoms with E-state index in [9.17, 15) is 4.79 Å². The van der Waals surface area contributed by atoms with E-state index in [-0.39, 0.29) is 5.78 Å². The van der Waals surface area contributed by atoms with Gasteiger partial charge in [0, 0.05) is 22.9 Å². The Morgan fingerprint density at radius 2 is 1.94 bits per heavy atom. The maximum absolute atomic E-state index is 12.6. The van der Waals surface area contributed by atoms with Gasteiger partial charge in [-0.15, -0.1) is 0 Å². The lowest BCUT2D eigenvalue weighted by molar-refractivity contribution is 0.0735. The maximum Gasteiger partial charge on any atom is 0.170 e. The van der Waals surface area contributed by atoms with Gasteiger partial charge in [-0.25, -0.2) is 0 Å². The van der Waals surface area contributed by atoms with Crippen molar-refractivity contribution in [3.63, 3.8) is 0 Å². The molecular weight excluding hydrogens is 226 g/mol. The van der Waals surface area contributed by atoms with Crippen LogP contribution < -0.4 is 10.5 Å². The van der Waals surface area contributed by atoms with E-state index in [2.05, 4.69) is 0 Å². The first-order valence-corrected chi connectivity index (χ1v) is 6.33. The van der Waals surface area contributed by atoms with Gasteiger partial charge in [-0.3, -0.25) is 4.79 Å². The average molecular weight is 247 g/mol. The van der Waals surface area contributed by atoms with Crippen LogP contribution in [0.3, 0.4) is 0 Å². The Bertz CT molecular complexity index is 484. The topological polar surface area (TPSA) is 52.3 Å². The molecule has 18 heavy (non-hydrogen) atoms. The molecule has 0 bridgehead atoms. The van der Waals surface area contributed by atoms with Crippen molar-refractivity contribution >= 4 is 5.78 Å². The lowest BCUT2D eigenvalue weighted by Crippen LogP contribution is -2.51. The molecule has 0 atom stereocenters. The fourth-order valence-electron chi connectivity index (χ4n) is 1.98. The molecule has 0 spiro atoms. The number of ether oxygens (including phenoxy) is 1. The van der Waals surface area contributed by atoms with Gasteiger partial charge in [0.1, 0.15) is 5.75 Å². The van der Waals surface area contributed by atoms with E-state index >= 15 is 0 Å². The third kappa shape index (κ3) is 2.03. The molecule has 0 saturated carbocycles. The van der Waals surface area contributed by atoms with Crippen LogP contribution in [-0.4, -0.2) is 17.9 Å². The van der Waals surface area contributed by atoms with Crippen molar-refractivity contribution in [1.82, 2.24) is 0 Å². The molecule has 1 heterocycles. The largest absolute Gasteiger partial charge is 0.493 e. The van der Waals surface area contributed by atoms with Gasteiger partial charge >= 0.3 is 0 Å². The third-order valence-corrected chi connectivity index (χ3v) is 4.13. The molecular formula is C15H21NO2. The van der Waals surface area contributed by atoms with Crippen molar-refractivity contribution in [3.8, 4) is 5.75 Å². The van der Waals surface area contributed by atoms with Crippen LogP contribution in [0.2, 0.25) is 0 Å². The molecule has 1 aliphatic heterocycles. The Kier molecular flexibility index (Phi) is 2.98. The molecule has 0 amide bonds. The first-order valence-electron chi connectivity index (χ1n) is 6.33. The van der Waals surface area contributed by atoms with Crippen LogP contribution in [0.1, 0.15) is 43.6 Å². The number of Topliss-reactive ketones (excluding diaryl/α,β-unsaturated/α-hetero) is 1. The smallest absolute Gasteiger partial charge is 0.170 e. The molecule has 0 radical (unpaired) electrons. The second-order valence-corrected chi connectivity index (χ2v) is 6.10. The van der Waals surface area contributed by atoms with Gasteiger partial charge in [0.25, 0.3) is 0 Å². The summed E-state index contributed by atoms with van der Waals surface area (Å²) >= 11 is 0. The van der Waals surface area contributed by atoms with Gasteiger partial charge in [0.05, 0.1) is 6.61 Å². The van der Waals surface area contributed by atoms with Crippen molar-refractivity contribution < 1.29 is 9.53 Å². The molecule has 0 aromatic heterocycles. The summed E-state index contributed by atoms with van der Waals surface area (Å²) in [5.74, 6) is 0.987. The van der Waals surface area contributed by atoms with E-state index in [1.165, 1.54) is 0 Å². The summed E-state index contributed by atoms with van der Waals surface area (Å²) in [7, 11) is 0. The molecule has 3 nitrogen and oxygen atoms in total. The number of hydrogen-bond donors (Lipinski definition) is 1. The Hall–Kier alpha value is -1.35. The quantitative estimate of drug-likeness (QED) is 0.835. The highest BCUT2D eigenvalue weighted by Gasteiger charge is 2.40. The minimum atomic E-state index is -0.597. The molecule has 1 aliphatic rings. The zero-order chi connectivity index (χ0) is 13.6. The summed E-state index contributed by atoms with van der Waals surface area (Å²) in [4.78, 5) is 12.6. The molecule has 0 fully saturated rings. The normalized spacial score (nSPS) is 15.2. The van der Waals surface area contributed by atoms with E-state index < -0.39 is 11.0 Å². The molecule has 2 N–H and O–H groups in total. The molecule has 2 rings (SSSR count). The first-order chi connectivity index (χ1) is 8.23. The van der Waals surface area contributed by atoms with Gasteiger partial charge < -0.3 is 10.5 Å². The minimum Gasteiger partial charge on any atom is -0.493 e. The monoisotopic (exact) mass is 247 g/mol. The van der Waals surface area contributed by atoms with Gasteiger partial charge in [-0.2, -0.15) is 0 Å². The summed E-state index contributed by atoms with van der Waals surface area (Å²) in [5.41, 5.74) is 6.81. The van der Waals surface area contributed by atoms with Crippen LogP contribution in [0.5, 0.6) is 5.75 Å². The number of benzene rings is 1. The molecule has 1 aromatic rings. The average Bonchev–Trinajstić information content (AvgIpc) is 2.73. The zero-order valence-electron chi connectivity index (χ0n) is 11.5. The predicted molar refractivity (Wildman–Crippen MR) is 72.0 cm³/mol. The van der Waals surface area contributed by atoms with Gasteiger partial charge in [0.15, 0.2) is 5.78 Å². The highest BCUT2D eigenvalue weighted by Crippen LogP contribution is 2.34. The predicted octanol–water partition coefficient (Wildman–Crippen LogP) is 2.57. The maximum atomic E-state index is 12.6. The molecule has 0 saturated heterocycles. The van der Waals surface area contributed by atoms with Crippen molar-refractivity contribution in [1.29, 1.82) is 0 Å². The van der Waals surface area contributed by atoms with E-state index in [4.69, 9.17) is 10.5 Å². The van der Waals surface area contributed by atoms with Crippen LogP contribution in [0.4, 0.5) is 0 Å². The van der Waals surface area contributed by atoms with E-state index in [1.807, 2.05) is 45.9 Å². The summed E-state index contributed by atoms with van der Waals surface area (Å²) < 4.78 is 5.45. The van der Waals surface area contributed by atoms with E-state index in [1.54, 1.807) is 0 Å². The Labute approximate surface area is 108 Å². The fourth-order valence-corrected chi connectivity index (χ4v) is 1.98. The number of carbonyl (C=O) groups excluding carboxylic acids is 1. The SMILES string of the molecule is CC(C)(N)C(C)(C)C(=O)c1ccc2c(c1)CCO2. The highest BCUT2D eigenvalue weighted by atomic mass is 16.5. The number of fused-ring (bicyclic) bond motifs is 1. The third-order valence-electron chi connectivity index (χ3n) is 4.13. The minimum absolute atomic E-state index is 0.0877. The Morgan fingerprint density at radius 3 is 2.56 bits per heavy atom. The van der Waals surface area contributed by atoms with Gasteiger partial charge in [0.2, 0.25) is 0 Å². The molecule has 0 unspecified atom stereocenters. The van der Waals surface area contributed by atoms with Crippen molar-refractivity contribution in [2.24, 2.45) is 11.1 Å². The van der Waals surface area contributed by atoms with E-state index in [0.29, 0.717) is 6.61 Å². The summed E-state index contributed by atoms with van der Waals surface area (Å²) in [5, 5.41) is 0. The molecule has 3 heteroatoms. The number of ketones is 1. The number of nitrogens with two attached hydrogens (primary N) is 1. The summed E-state index contributed by atoms with van der Waals surface area (Å²) in [6.07, 6.45) is 0.878. The standard InChI is InChI=1S/C15H21NO2/c1-14(2,15(3,4)16)13(17)11-5-6-12-10(9-11)7-8-18-12/h5-6,9H,7-8,16H2,1-4H3. The Morgan fingerprint density at radius 1 is 1.28 bits per heavy atom. The number of rotatable bonds is 3. The van der Waals surface area contributed by atoms with Crippen LogP contribution in [-0.2, 0) is 6.42 Å². The number of carbonyl (C=O) groups is 1. The Balaban J connectivity index is 2.35. The van der Waals surface area contributed by atoms with Crippen LogP contribution in [0, 0.1) is 5.41 Å². The van der Waals surface area contributed by atoms with Crippen molar-refractivity contribution in [2.45, 2.75) is 39.7 Å². The van der Waals surface area contributed by atoms with Crippen molar-refractivity contribution in [2.75, 3.05) is 6.61 Å². The van der Waals surface area contributed by atoms with Crippen LogP contribution in [0.25, 0.3) is 0 Å². The first kappa shape index (κ1) is 13.1. The van der Waals surface area contributed by atoms with Crippen molar-refractivity contribution in [3.05, 3.63) is 29.3 Å². The molecule has 98 valence electrons. The van der Waals surface area contributed by atoms with E-state index in [0.717, 1.165) is 23.3 Å². The highest BCUT2D eigenvalue weighted by molar-refractivity contribution is 6.01. The lowest BCUT2D eigenvalue weighted by atomic mass is 9.70. The second-order valence-electron chi connectivity index (χ2n) is 6.10. The molecule has 1 aromatic carbocycles. The molecule has 0 aliphatic carbocycles. The summed E-state index contributed by atoms with van der Waals surface area (Å²) in [6, 6.07) is 5.66. The zero-order valence-corrected chi connectivity index (χ0v) is 11.5. The summed E-state index contributed by atoms with van der Waals surface area (Å²) in [6.45, 7) is 8.29. The fraction of sp³-hybridized carbons (Fsp3) is 0.533. The van der Waals surface area contributed by atoms with Gasteiger partial charge in [-0.1, -0.05) is 13.8 Å². The second kappa shape index (κ2) is 4.09. The van der Waals surface area contributed by atoms with Crippen LogP contribution in [0.15, 0.2) is 18.2 Å².